The molecule has 0 atom stereocenters. The first kappa shape index (κ1) is 26.1. The van der Waals surface area contributed by atoms with Gasteiger partial charge in [-0.1, -0.05) is 0 Å². The van der Waals surface area contributed by atoms with Crippen LogP contribution < -0.4 is 11.5 Å². The summed E-state index contributed by atoms with van der Waals surface area (Å²) in [6.07, 6.45) is 0. The summed E-state index contributed by atoms with van der Waals surface area (Å²) in [7, 11) is 0. The third-order valence-electron chi connectivity index (χ3n) is 3.67. The number of nitro groups is 6. The van der Waals surface area contributed by atoms with E-state index in [4.69, 9.17) is 4.79 Å². The molecule has 0 spiro atoms. The highest BCUT2D eigenvalue weighted by Crippen LogP contribution is 2.49. The number of carbonyl (C=O) groups is 1. The number of benzene rings is 2. The Balaban J connectivity index is 0.00000133. The number of carbonyl (C=O) groups excluding carboxylic acids is 1. The van der Waals surface area contributed by atoms with Crippen LogP contribution in [0.3, 0.4) is 0 Å². The lowest BCUT2D eigenvalue weighted by atomic mass is 9.98. The van der Waals surface area contributed by atoms with Gasteiger partial charge in [-0.25, -0.2) is 4.79 Å². The van der Waals surface area contributed by atoms with Crippen molar-refractivity contribution in [3.05, 3.63) is 85.0 Å². The van der Waals surface area contributed by atoms with E-state index in [0.29, 0.717) is 24.3 Å². The molecule has 0 saturated carbocycles. The third-order valence-corrected chi connectivity index (χ3v) is 3.67. The molecule has 21 heteroatoms. The van der Waals surface area contributed by atoms with E-state index < -0.39 is 80.8 Å². The number of hydrogen-bond donors (Lipinski definition) is 2. The normalized spacial score (nSPS) is 9.76. The van der Waals surface area contributed by atoms with Gasteiger partial charge in [-0.3, -0.25) is 60.7 Å². The molecule has 0 heterocycles. The van der Waals surface area contributed by atoms with Gasteiger partial charge >= 0.3 is 40.2 Å². The first-order valence-corrected chi connectivity index (χ1v) is 7.89. The second kappa shape index (κ2) is 9.94. The van der Waals surface area contributed by atoms with Gasteiger partial charge in [0.15, 0.2) is 0 Å². The van der Waals surface area contributed by atoms with Crippen LogP contribution in [-0.4, -0.2) is 35.6 Å². The quantitative estimate of drug-likeness (QED) is 0.418. The molecule has 0 radical (unpaired) electrons. The summed E-state index contributed by atoms with van der Waals surface area (Å²) >= 11 is 0. The standard InChI is InChI=1S/C12H4N6O12.CH4N2O/c19-13(20)7-3-1-5(9(15(23)24)11(7)17(27)28)6-2-4-8(14(21)22)12(18(29)30)10(6)16(25)26;2-1(3)4/h1-4H;(H4,2,3,4). The molecule has 2 amide bonds. The summed E-state index contributed by atoms with van der Waals surface area (Å²) in [6, 6.07) is 1.14. The van der Waals surface area contributed by atoms with Crippen LogP contribution in [0.5, 0.6) is 0 Å². The van der Waals surface area contributed by atoms with Gasteiger partial charge in [0.1, 0.15) is 0 Å². The molecule has 21 nitrogen and oxygen atoms in total. The molecule has 0 aliphatic heterocycles. The number of urea groups is 1. The van der Waals surface area contributed by atoms with E-state index in [1.807, 2.05) is 0 Å². The van der Waals surface area contributed by atoms with Crippen LogP contribution in [0.15, 0.2) is 24.3 Å². The van der Waals surface area contributed by atoms with Crippen LogP contribution >= 0.6 is 0 Å². The topological polar surface area (TPSA) is 328 Å². The average molecular weight is 484 g/mol. The number of hydrogen-bond acceptors (Lipinski definition) is 13. The number of nitrogens with two attached hydrogens (primary N) is 2. The molecular formula is C13H8N8O13. The molecule has 4 N–H and O–H groups in total. The Labute approximate surface area is 183 Å². The van der Waals surface area contributed by atoms with Crippen LogP contribution in [-0.2, 0) is 0 Å². The van der Waals surface area contributed by atoms with E-state index in [1.165, 1.54) is 0 Å². The predicted molar refractivity (Wildman–Crippen MR) is 106 cm³/mol. The maximum atomic E-state index is 11.4. The Morgan fingerprint density at radius 3 is 0.912 bits per heavy atom. The highest BCUT2D eigenvalue weighted by atomic mass is 16.7. The van der Waals surface area contributed by atoms with Crippen LogP contribution in [0.4, 0.5) is 38.9 Å². The van der Waals surface area contributed by atoms with Gasteiger partial charge in [0, 0.05) is 12.1 Å². The first-order chi connectivity index (χ1) is 15.6. The molecule has 0 fully saturated rings. The number of rotatable bonds is 7. The van der Waals surface area contributed by atoms with Crippen LogP contribution in [0.25, 0.3) is 11.1 Å². The molecule has 178 valence electrons. The summed E-state index contributed by atoms with van der Waals surface area (Å²) in [5.41, 5.74) is -2.40. The number of primary amides is 2. The molecule has 0 unspecified atom stereocenters. The second-order valence-corrected chi connectivity index (χ2v) is 5.60. The number of amides is 2. The Kier molecular flexibility index (Phi) is 7.65. The van der Waals surface area contributed by atoms with Crippen molar-refractivity contribution in [1.82, 2.24) is 0 Å². The van der Waals surface area contributed by atoms with Crippen molar-refractivity contribution in [2.24, 2.45) is 11.5 Å². The van der Waals surface area contributed by atoms with Crippen molar-refractivity contribution in [2.75, 3.05) is 0 Å². The second-order valence-electron chi connectivity index (χ2n) is 5.60. The Hall–Kier alpha value is -5.89. The van der Waals surface area contributed by atoms with Crippen molar-refractivity contribution in [1.29, 1.82) is 0 Å². The number of nitrogens with zero attached hydrogens (tertiary/aromatic N) is 6. The SMILES string of the molecule is NC(N)=O.O=[N+]([O-])c1ccc(-c2ccc([N+](=O)[O-])c([N+](=O)[O-])c2[N+](=O)[O-])c([N+](=O)[O-])c1[N+](=O)[O-]. The first-order valence-electron chi connectivity index (χ1n) is 7.89. The highest BCUT2D eigenvalue weighted by Gasteiger charge is 2.44. The van der Waals surface area contributed by atoms with Gasteiger partial charge in [0.2, 0.25) is 0 Å². The maximum absolute atomic E-state index is 11.4. The van der Waals surface area contributed by atoms with Gasteiger partial charge in [0.25, 0.3) is 0 Å². The van der Waals surface area contributed by atoms with E-state index in [2.05, 4.69) is 11.5 Å². The molecule has 0 aliphatic rings. The molecule has 2 aromatic rings. The molecule has 2 aromatic carbocycles. The van der Waals surface area contributed by atoms with Gasteiger partial charge in [-0.05, 0) is 12.1 Å². The Morgan fingerprint density at radius 2 is 0.735 bits per heavy atom. The molecule has 0 bridgehead atoms. The summed E-state index contributed by atoms with van der Waals surface area (Å²) in [5.74, 6) is 0. The van der Waals surface area contributed by atoms with E-state index in [9.17, 15) is 60.7 Å². The lowest BCUT2D eigenvalue weighted by molar-refractivity contribution is -0.441. The van der Waals surface area contributed by atoms with E-state index in [-0.39, 0.29) is 0 Å². The Bertz CT molecular complexity index is 1180. The lowest BCUT2D eigenvalue weighted by Gasteiger charge is -2.06. The van der Waals surface area contributed by atoms with Gasteiger partial charge in [-0.2, -0.15) is 0 Å². The van der Waals surface area contributed by atoms with Gasteiger partial charge < -0.3 is 11.5 Å². The van der Waals surface area contributed by atoms with E-state index in [1.54, 1.807) is 0 Å². The fourth-order valence-electron chi connectivity index (χ4n) is 2.60. The van der Waals surface area contributed by atoms with Crippen molar-refractivity contribution in [3.63, 3.8) is 0 Å². The minimum absolute atomic E-state index is 0.442. The largest absolute Gasteiger partial charge is 0.422 e. The summed E-state index contributed by atoms with van der Waals surface area (Å²) in [6.45, 7) is 0. The zero-order valence-corrected chi connectivity index (χ0v) is 16.0. The summed E-state index contributed by atoms with van der Waals surface area (Å²) in [5, 5.41) is 67.3. The van der Waals surface area contributed by atoms with Crippen molar-refractivity contribution >= 4 is 40.2 Å². The van der Waals surface area contributed by atoms with Gasteiger partial charge in [-0.15, -0.1) is 0 Å². The monoisotopic (exact) mass is 484 g/mol. The molecular weight excluding hydrogens is 476 g/mol. The average Bonchev–Trinajstić information content (AvgIpc) is 2.70. The molecule has 2 rings (SSSR count). The third kappa shape index (κ3) is 5.23. The lowest BCUT2D eigenvalue weighted by Crippen LogP contribution is -2.18. The highest BCUT2D eigenvalue weighted by molar-refractivity contribution is 5.91. The number of nitro benzene ring substituents is 6. The molecule has 0 aliphatic carbocycles. The van der Waals surface area contributed by atoms with E-state index >= 15 is 0 Å². The minimum atomic E-state index is -1.63. The molecule has 34 heavy (non-hydrogen) atoms. The zero-order valence-electron chi connectivity index (χ0n) is 16.0. The summed E-state index contributed by atoms with van der Waals surface area (Å²) < 4.78 is 0. The smallest absolute Gasteiger partial charge is 0.352 e. The maximum Gasteiger partial charge on any atom is 0.422 e. The van der Waals surface area contributed by atoms with Crippen LogP contribution in [0.1, 0.15) is 0 Å². The van der Waals surface area contributed by atoms with Crippen LogP contribution in [0, 0.1) is 60.7 Å². The van der Waals surface area contributed by atoms with Gasteiger partial charge in [0.05, 0.1) is 40.7 Å². The minimum Gasteiger partial charge on any atom is -0.352 e. The zero-order chi connectivity index (χ0) is 26.5. The van der Waals surface area contributed by atoms with E-state index in [0.717, 1.165) is 0 Å². The fraction of sp³-hybridized carbons (Fsp3) is 0. The molecule has 0 aromatic heterocycles. The van der Waals surface area contributed by atoms with Crippen molar-refractivity contribution in [2.45, 2.75) is 0 Å². The van der Waals surface area contributed by atoms with Crippen molar-refractivity contribution < 1.29 is 34.3 Å². The van der Waals surface area contributed by atoms with Crippen molar-refractivity contribution in [3.8, 4) is 11.1 Å². The Morgan fingerprint density at radius 1 is 0.500 bits per heavy atom. The van der Waals surface area contributed by atoms with Crippen LogP contribution in [0.2, 0.25) is 0 Å². The summed E-state index contributed by atoms with van der Waals surface area (Å²) in [4.78, 5) is 67.9. The molecule has 0 saturated heterocycles. The predicted octanol–water partition coefficient (Wildman–Crippen LogP) is 1.83. The fourth-order valence-corrected chi connectivity index (χ4v) is 2.60.